The van der Waals surface area contributed by atoms with E-state index in [0.717, 1.165) is 6.26 Å². The molecule has 1 unspecified atom stereocenters. The lowest BCUT2D eigenvalue weighted by Crippen LogP contribution is -2.29. The fraction of sp³-hybridized carbons (Fsp3) is 0.556. The standard InChI is InChI=1S/C9H13NO4/c1-3-14-9(12)10-5-4-7(6-10)8(11)13-2/h3,7H,1,4-6H2,2H3. The van der Waals surface area contributed by atoms with Gasteiger partial charge >= 0.3 is 12.1 Å². The Morgan fingerprint density at radius 2 is 2.29 bits per heavy atom. The summed E-state index contributed by atoms with van der Waals surface area (Å²) in [5.41, 5.74) is 0. The molecule has 1 rings (SSSR count). The zero-order valence-corrected chi connectivity index (χ0v) is 8.06. The zero-order valence-electron chi connectivity index (χ0n) is 8.06. The molecule has 1 heterocycles. The van der Waals surface area contributed by atoms with Crippen molar-refractivity contribution < 1.29 is 19.1 Å². The maximum absolute atomic E-state index is 11.2. The van der Waals surface area contributed by atoms with Crippen LogP contribution < -0.4 is 0 Å². The van der Waals surface area contributed by atoms with Crippen LogP contribution in [0.5, 0.6) is 0 Å². The molecule has 1 saturated heterocycles. The van der Waals surface area contributed by atoms with Gasteiger partial charge in [-0.3, -0.25) is 4.79 Å². The van der Waals surface area contributed by atoms with E-state index in [4.69, 9.17) is 0 Å². The number of carbonyl (C=O) groups is 2. The van der Waals surface area contributed by atoms with Gasteiger partial charge in [0.2, 0.25) is 0 Å². The average molecular weight is 199 g/mol. The molecule has 5 heteroatoms. The summed E-state index contributed by atoms with van der Waals surface area (Å²) in [6, 6.07) is 0. The fourth-order valence-corrected chi connectivity index (χ4v) is 1.43. The van der Waals surface area contributed by atoms with E-state index in [1.165, 1.54) is 12.0 Å². The summed E-state index contributed by atoms with van der Waals surface area (Å²) < 4.78 is 9.17. The van der Waals surface area contributed by atoms with Gasteiger partial charge in [0.15, 0.2) is 0 Å². The van der Waals surface area contributed by atoms with Crippen LogP contribution in [0.25, 0.3) is 0 Å². The monoisotopic (exact) mass is 199 g/mol. The highest BCUT2D eigenvalue weighted by atomic mass is 16.5. The molecule has 0 saturated carbocycles. The number of ether oxygens (including phenoxy) is 2. The van der Waals surface area contributed by atoms with Gasteiger partial charge in [-0.25, -0.2) is 4.79 Å². The van der Waals surface area contributed by atoms with E-state index in [1.54, 1.807) is 0 Å². The van der Waals surface area contributed by atoms with E-state index in [2.05, 4.69) is 16.1 Å². The van der Waals surface area contributed by atoms with Crippen LogP contribution in [0.4, 0.5) is 4.79 Å². The molecule has 78 valence electrons. The second kappa shape index (κ2) is 4.64. The molecule has 0 bridgehead atoms. The predicted octanol–water partition coefficient (Wildman–Crippen LogP) is 0.761. The maximum atomic E-state index is 11.2. The Morgan fingerprint density at radius 3 is 2.86 bits per heavy atom. The van der Waals surface area contributed by atoms with Gasteiger partial charge in [-0.05, 0) is 6.42 Å². The minimum atomic E-state index is -0.466. The number of nitrogens with zero attached hydrogens (tertiary/aromatic N) is 1. The lowest BCUT2D eigenvalue weighted by Gasteiger charge is -2.13. The minimum Gasteiger partial charge on any atom is -0.469 e. The summed E-state index contributed by atoms with van der Waals surface area (Å²) in [4.78, 5) is 23.8. The molecule has 0 aromatic rings. The molecule has 0 N–H and O–H groups in total. The number of amides is 1. The highest BCUT2D eigenvalue weighted by molar-refractivity contribution is 5.75. The Morgan fingerprint density at radius 1 is 1.57 bits per heavy atom. The fourth-order valence-electron chi connectivity index (χ4n) is 1.43. The van der Waals surface area contributed by atoms with Gasteiger partial charge in [-0.2, -0.15) is 0 Å². The third-order valence-corrected chi connectivity index (χ3v) is 2.17. The van der Waals surface area contributed by atoms with Crippen molar-refractivity contribution in [1.29, 1.82) is 0 Å². The Kier molecular flexibility index (Phi) is 3.50. The number of rotatable bonds is 2. The zero-order chi connectivity index (χ0) is 10.6. The van der Waals surface area contributed by atoms with E-state index >= 15 is 0 Å². The molecule has 1 fully saturated rings. The quantitative estimate of drug-likeness (QED) is 0.486. The number of esters is 1. The van der Waals surface area contributed by atoms with Crippen molar-refractivity contribution in [3.63, 3.8) is 0 Å². The lowest BCUT2D eigenvalue weighted by molar-refractivity contribution is -0.144. The first-order valence-electron chi connectivity index (χ1n) is 4.33. The van der Waals surface area contributed by atoms with E-state index < -0.39 is 6.09 Å². The topological polar surface area (TPSA) is 55.8 Å². The van der Waals surface area contributed by atoms with E-state index in [-0.39, 0.29) is 11.9 Å². The number of hydrogen-bond donors (Lipinski definition) is 0. The number of carbonyl (C=O) groups excluding carboxylic acids is 2. The molecule has 5 nitrogen and oxygen atoms in total. The average Bonchev–Trinajstić information content (AvgIpc) is 2.66. The van der Waals surface area contributed by atoms with Crippen molar-refractivity contribution in [3.8, 4) is 0 Å². The second-order valence-electron chi connectivity index (χ2n) is 3.01. The molecule has 14 heavy (non-hydrogen) atoms. The van der Waals surface area contributed by atoms with Gasteiger partial charge in [0.1, 0.15) is 0 Å². The van der Waals surface area contributed by atoms with Gasteiger partial charge in [-0.1, -0.05) is 6.58 Å². The number of methoxy groups -OCH3 is 1. The molecule has 1 atom stereocenters. The minimum absolute atomic E-state index is 0.225. The summed E-state index contributed by atoms with van der Waals surface area (Å²) in [6.07, 6.45) is 1.23. The summed E-state index contributed by atoms with van der Waals surface area (Å²) in [7, 11) is 1.34. The first-order valence-corrected chi connectivity index (χ1v) is 4.33. The first kappa shape index (κ1) is 10.6. The highest BCUT2D eigenvalue weighted by Gasteiger charge is 2.32. The largest absolute Gasteiger partial charge is 0.469 e. The maximum Gasteiger partial charge on any atom is 0.414 e. The number of likely N-dealkylation sites (tertiary alicyclic amines) is 1. The van der Waals surface area contributed by atoms with Crippen molar-refractivity contribution >= 4 is 12.1 Å². The summed E-state index contributed by atoms with van der Waals surface area (Å²) >= 11 is 0. The highest BCUT2D eigenvalue weighted by Crippen LogP contribution is 2.18. The Labute approximate surface area is 82.3 Å². The van der Waals surface area contributed by atoms with Crippen LogP contribution in [0.15, 0.2) is 12.8 Å². The Balaban J connectivity index is 2.44. The third-order valence-electron chi connectivity index (χ3n) is 2.17. The van der Waals surface area contributed by atoms with Crippen LogP contribution >= 0.6 is 0 Å². The van der Waals surface area contributed by atoms with Crippen LogP contribution in [0.2, 0.25) is 0 Å². The van der Waals surface area contributed by atoms with E-state index in [0.29, 0.717) is 19.5 Å². The van der Waals surface area contributed by atoms with Crippen LogP contribution in [-0.4, -0.2) is 37.2 Å². The lowest BCUT2D eigenvalue weighted by atomic mass is 10.1. The molecule has 0 spiro atoms. The molecule has 0 radical (unpaired) electrons. The first-order chi connectivity index (χ1) is 6.69. The predicted molar refractivity (Wildman–Crippen MR) is 48.4 cm³/mol. The van der Waals surface area contributed by atoms with Gasteiger partial charge in [0, 0.05) is 13.1 Å². The molecule has 1 aliphatic heterocycles. The van der Waals surface area contributed by atoms with Crippen LogP contribution in [-0.2, 0) is 14.3 Å². The van der Waals surface area contributed by atoms with Gasteiger partial charge in [-0.15, -0.1) is 0 Å². The van der Waals surface area contributed by atoms with Crippen molar-refractivity contribution in [1.82, 2.24) is 4.90 Å². The van der Waals surface area contributed by atoms with Gasteiger partial charge < -0.3 is 14.4 Å². The van der Waals surface area contributed by atoms with E-state index in [9.17, 15) is 9.59 Å². The van der Waals surface area contributed by atoms with E-state index in [1.807, 2.05) is 0 Å². The third kappa shape index (κ3) is 2.25. The van der Waals surface area contributed by atoms with Crippen molar-refractivity contribution in [2.75, 3.05) is 20.2 Å². The van der Waals surface area contributed by atoms with Gasteiger partial charge in [0.05, 0.1) is 19.3 Å². The van der Waals surface area contributed by atoms with Crippen molar-refractivity contribution in [2.45, 2.75) is 6.42 Å². The summed E-state index contributed by atoms with van der Waals surface area (Å²) in [5, 5.41) is 0. The SMILES string of the molecule is C=COC(=O)N1CCC(C(=O)OC)C1. The Hall–Kier alpha value is -1.52. The van der Waals surface area contributed by atoms with Crippen molar-refractivity contribution in [3.05, 3.63) is 12.8 Å². The molecule has 0 aromatic carbocycles. The summed E-state index contributed by atoms with van der Waals surface area (Å²) in [5.74, 6) is -0.503. The smallest absolute Gasteiger partial charge is 0.414 e. The van der Waals surface area contributed by atoms with Crippen LogP contribution in [0.3, 0.4) is 0 Å². The Bertz CT molecular complexity index is 251. The molecule has 0 aromatic heterocycles. The molecular weight excluding hydrogens is 186 g/mol. The number of hydrogen-bond acceptors (Lipinski definition) is 4. The van der Waals surface area contributed by atoms with Crippen molar-refractivity contribution in [2.24, 2.45) is 5.92 Å². The molecular formula is C9H13NO4. The normalized spacial score (nSPS) is 20.4. The molecule has 1 aliphatic rings. The second-order valence-corrected chi connectivity index (χ2v) is 3.01. The van der Waals surface area contributed by atoms with Crippen LogP contribution in [0.1, 0.15) is 6.42 Å². The summed E-state index contributed by atoms with van der Waals surface area (Å²) in [6.45, 7) is 4.16. The molecule has 0 aliphatic carbocycles. The van der Waals surface area contributed by atoms with Crippen LogP contribution in [0, 0.1) is 5.92 Å². The van der Waals surface area contributed by atoms with Gasteiger partial charge in [0.25, 0.3) is 0 Å². The molecule has 1 amide bonds.